The van der Waals surface area contributed by atoms with Gasteiger partial charge >= 0.3 is 0 Å². The highest BCUT2D eigenvalue weighted by Crippen LogP contribution is 2.38. The summed E-state index contributed by atoms with van der Waals surface area (Å²) >= 11 is 0. The Kier molecular flexibility index (Phi) is 4.00. The van der Waals surface area contributed by atoms with Crippen LogP contribution in [0.25, 0.3) is 0 Å². The molecule has 1 aliphatic heterocycles. The Labute approximate surface area is 125 Å². The van der Waals surface area contributed by atoms with E-state index in [1.807, 2.05) is 7.05 Å². The van der Waals surface area contributed by atoms with Crippen molar-refractivity contribution in [3.63, 3.8) is 0 Å². The average molecular weight is 292 g/mol. The van der Waals surface area contributed by atoms with Gasteiger partial charge in [0.15, 0.2) is 0 Å². The smallest absolute Gasteiger partial charge is 0.233 e. The maximum atomic E-state index is 12.3. The van der Waals surface area contributed by atoms with Gasteiger partial charge in [-0.05, 0) is 31.6 Å². The van der Waals surface area contributed by atoms with Crippen LogP contribution in [0.2, 0.25) is 0 Å². The van der Waals surface area contributed by atoms with Gasteiger partial charge in [0.25, 0.3) is 0 Å². The van der Waals surface area contributed by atoms with Gasteiger partial charge in [-0.1, -0.05) is 12.8 Å². The van der Waals surface area contributed by atoms with Gasteiger partial charge < -0.3 is 4.90 Å². The summed E-state index contributed by atoms with van der Waals surface area (Å²) in [5.74, 6) is 0.412. The molecule has 5 heteroatoms. The molecule has 3 fully saturated rings. The molecule has 116 valence electrons. The van der Waals surface area contributed by atoms with Crippen molar-refractivity contribution in [1.29, 1.82) is 0 Å². The van der Waals surface area contributed by atoms with Crippen LogP contribution < -0.4 is 0 Å². The molecule has 2 saturated carbocycles. The fraction of sp³-hybridized carbons (Fsp3) is 0.812. The van der Waals surface area contributed by atoms with E-state index in [0.29, 0.717) is 5.92 Å². The molecule has 0 bridgehead atoms. The van der Waals surface area contributed by atoms with Crippen molar-refractivity contribution in [2.75, 3.05) is 20.1 Å². The zero-order valence-electron chi connectivity index (χ0n) is 12.7. The normalized spacial score (nSPS) is 28.7. The molecule has 0 aromatic carbocycles. The summed E-state index contributed by atoms with van der Waals surface area (Å²) in [6.45, 7) is 1.07. The highest BCUT2D eigenvalue weighted by atomic mass is 16.2. The van der Waals surface area contributed by atoms with Crippen LogP contribution in [0.1, 0.15) is 44.9 Å². The molecule has 3 amide bonds. The molecule has 5 nitrogen and oxygen atoms in total. The Morgan fingerprint density at radius 1 is 1.10 bits per heavy atom. The van der Waals surface area contributed by atoms with Crippen LogP contribution in [0.5, 0.6) is 0 Å². The van der Waals surface area contributed by atoms with E-state index in [-0.39, 0.29) is 42.5 Å². The first-order valence-corrected chi connectivity index (χ1v) is 8.17. The van der Waals surface area contributed by atoms with Gasteiger partial charge in [-0.25, -0.2) is 0 Å². The second-order valence-corrected chi connectivity index (χ2v) is 6.79. The van der Waals surface area contributed by atoms with Crippen molar-refractivity contribution < 1.29 is 14.4 Å². The van der Waals surface area contributed by atoms with Gasteiger partial charge in [0.1, 0.15) is 0 Å². The molecule has 1 saturated heterocycles. The topological polar surface area (TPSA) is 57.7 Å². The fourth-order valence-electron chi connectivity index (χ4n) is 3.64. The number of nitrogens with zero attached hydrogens (tertiary/aromatic N) is 2. The third kappa shape index (κ3) is 2.97. The Hall–Kier alpha value is -1.39. The standard InChI is InChI=1S/C16H24N2O3/c1-17(10-11-6-7-11)14(19)8-9-18-15(20)12-4-2-3-5-13(12)16(18)21/h11-13H,2-10H2,1H3/t12-,13+. The van der Waals surface area contributed by atoms with Crippen molar-refractivity contribution in [2.45, 2.75) is 44.9 Å². The molecule has 0 N–H and O–H groups in total. The summed E-state index contributed by atoms with van der Waals surface area (Å²) < 4.78 is 0. The maximum Gasteiger partial charge on any atom is 0.233 e. The van der Waals surface area contributed by atoms with Crippen molar-refractivity contribution in [3.05, 3.63) is 0 Å². The van der Waals surface area contributed by atoms with E-state index >= 15 is 0 Å². The predicted octanol–water partition coefficient (Wildman–Crippen LogP) is 1.42. The molecule has 3 rings (SSSR count). The predicted molar refractivity (Wildman–Crippen MR) is 77.1 cm³/mol. The van der Waals surface area contributed by atoms with Crippen LogP contribution in [0.3, 0.4) is 0 Å². The van der Waals surface area contributed by atoms with E-state index in [4.69, 9.17) is 0 Å². The van der Waals surface area contributed by atoms with E-state index in [1.165, 1.54) is 17.7 Å². The number of imide groups is 1. The van der Waals surface area contributed by atoms with Crippen molar-refractivity contribution >= 4 is 17.7 Å². The number of hydrogen-bond acceptors (Lipinski definition) is 3. The van der Waals surface area contributed by atoms with Gasteiger partial charge in [0.2, 0.25) is 17.7 Å². The Balaban J connectivity index is 1.53. The van der Waals surface area contributed by atoms with Crippen molar-refractivity contribution in [2.24, 2.45) is 17.8 Å². The quantitative estimate of drug-likeness (QED) is 0.720. The molecule has 0 unspecified atom stereocenters. The highest BCUT2D eigenvalue weighted by Gasteiger charge is 2.47. The summed E-state index contributed by atoms with van der Waals surface area (Å²) in [5.41, 5.74) is 0. The highest BCUT2D eigenvalue weighted by molar-refractivity contribution is 6.05. The summed E-state index contributed by atoms with van der Waals surface area (Å²) in [4.78, 5) is 39.8. The second-order valence-electron chi connectivity index (χ2n) is 6.79. The number of fused-ring (bicyclic) bond motifs is 1. The van der Waals surface area contributed by atoms with E-state index in [9.17, 15) is 14.4 Å². The van der Waals surface area contributed by atoms with Gasteiger partial charge in [0, 0.05) is 26.6 Å². The molecule has 2 atom stereocenters. The molecule has 0 spiro atoms. The minimum atomic E-state index is -0.106. The van der Waals surface area contributed by atoms with Crippen LogP contribution in [0.4, 0.5) is 0 Å². The fourth-order valence-corrected chi connectivity index (χ4v) is 3.64. The lowest BCUT2D eigenvalue weighted by Gasteiger charge is -2.19. The first kappa shape index (κ1) is 14.5. The second kappa shape index (κ2) is 5.78. The zero-order chi connectivity index (χ0) is 15.0. The largest absolute Gasteiger partial charge is 0.345 e. The lowest BCUT2D eigenvalue weighted by molar-refractivity contribution is -0.140. The number of carbonyl (C=O) groups excluding carboxylic acids is 3. The summed E-state index contributed by atoms with van der Waals surface area (Å²) in [7, 11) is 1.81. The summed E-state index contributed by atoms with van der Waals surface area (Å²) in [5, 5.41) is 0. The maximum absolute atomic E-state index is 12.3. The van der Waals surface area contributed by atoms with Crippen LogP contribution >= 0.6 is 0 Å². The third-order valence-corrected chi connectivity index (χ3v) is 5.14. The first-order valence-electron chi connectivity index (χ1n) is 8.17. The average Bonchev–Trinajstić information content (AvgIpc) is 3.26. The molecule has 0 aromatic heterocycles. The molecular weight excluding hydrogens is 268 g/mol. The monoisotopic (exact) mass is 292 g/mol. The summed E-state index contributed by atoms with van der Waals surface area (Å²) in [6.07, 6.45) is 6.44. The van der Waals surface area contributed by atoms with E-state index in [0.717, 1.165) is 32.2 Å². The molecule has 21 heavy (non-hydrogen) atoms. The Bertz CT molecular complexity index is 434. The van der Waals surface area contributed by atoms with Gasteiger partial charge in [-0.2, -0.15) is 0 Å². The summed E-state index contributed by atoms with van der Waals surface area (Å²) in [6, 6.07) is 0. The number of likely N-dealkylation sites (tertiary alicyclic amines) is 1. The number of rotatable bonds is 5. The zero-order valence-corrected chi connectivity index (χ0v) is 12.7. The van der Waals surface area contributed by atoms with Crippen LogP contribution in [-0.4, -0.2) is 47.7 Å². The number of hydrogen-bond donors (Lipinski definition) is 0. The van der Waals surface area contributed by atoms with E-state index in [2.05, 4.69) is 0 Å². The minimum Gasteiger partial charge on any atom is -0.345 e. The van der Waals surface area contributed by atoms with Crippen LogP contribution in [0, 0.1) is 17.8 Å². The van der Waals surface area contributed by atoms with Crippen molar-refractivity contribution in [3.8, 4) is 0 Å². The third-order valence-electron chi connectivity index (χ3n) is 5.14. The SMILES string of the molecule is CN(CC1CC1)C(=O)CCN1C(=O)[C@H]2CCCC[C@H]2C1=O. The Morgan fingerprint density at radius 3 is 2.19 bits per heavy atom. The number of carbonyl (C=O) groups is 3. The van der Waals surface area contributed by atoms with Gasteiger partial charge in [-0.3, -0.25) is 19.3 Å². The number of amides is 3. The first-order chi connectivity index (χ1) is 10.1. The van der Waals surface area contributed by atoms with Gasteiger partial charge in [0.05, 0.1) is 11.8 Å². The lowest BCUT2D eigenvalue weighted by Crippen LogP contribution is -2.36. The van der Waals surface area contributed by atoms with E-state index < -0.39 is 0 Å². The molecule has 1 heterocycles. The van der Waals surface area contributed by atoms with Crippen LogP contribution in [0.15, 0.2) is 0 Å². The van der Waals surface area contributed by atoms with E-state index in [1.54, 1.807) is 4.90 Å². The molecule has 3 aliphatic rings. The van der Waals surface area contributed by atoms with Crippen molar-refractivity contribution in [1.82, 2.24) is 9.80 Å². The molecule has 0 aromatic rings. The molecular formula is C16H24N2O3. The minimum absolute atomic E-state index is 0.0392. The van der Waals surface area contributed by atoms with Crippen LogP contribution in [-0.2, 0) is 14.4 Å². The Morgan fingerprint density at radius 2 is 1.67 bits per heavy atom. The molecule has 2 aliphatic carbocycles. The lowest BCUT2D eigenvalue weighted by atomic mass is 9.81. The van der Waals surface area contributed by atoms with Gasteiger partial charge in [-0.15, -0.1) is 0 Å². The molecule has 0 radical (unpaired) electrons.